The smallest absolute Gasteiger partial charge is 0.229 e. The number of amides is 2. The molecule has 7 nitrogen and oxygen atoms in total. The molecule has 0 aliphatic carbocycles. The molecule has 2 N–H and O–H groups in total. The van der Waals surface area contributed by atoms with Gasteiger partial charge in [-0.2, -0.15) is 0 Å². The van der Waals surface area contributed by atoms with E-state index in [1.54, 1.807) is 0 Å². The summed E-state index contributed by atoms with van der Waals surface area (Å²) in [6, 6.07) is 0. The predicted molar refractivity (Wildman–Crippen MR) is 119 cm³/mol. The topological polar surface area (TPSA) is 77.0 Å². The van der Waals surface area contributed by atoms with Gasteiger partial charge in [-0.3, -0.25) is 24.4 Å². The number of carbonyl (C=O) groups excluding carboxylic acids is 2. The lowest BCUT2D eigenvalue weighted by atomic mass is 9.99. The normalized spacial score (nSPS) is 19.7. The number of rotatable bonds is 7. The van der Waals surface area contributed by atoms with Gasteiger partial charge >= 0.3 is 0 Å². The molecule has 0 spiro atoms. The molecule has 2 heterocycles. The van der Waals surface area contributed by atoms with E-state index in [9.17, 15) is 9.59 Å². The molecular formula is C19H36IN5O2. The van der Waals surface area contributed by atoms with E-state index in [-0.39, 0.29) is 41.3 Å². The average Bonchev–Trinajstić information content (AvgIpc) is 2.63. The molecular weight excluding hydrogens is 457 g/mol. The van der Waals surface area contributed by atoms with Crippen LogP contribution in [0.15, 0.2) is 4.99 Å². The first-order valence-electron chi connectivity index (χ1n) is 10.0. The number of carbonyl (C=O) groups is 2. The first-order chi connectivity index (χ1) is 12.4. The monoisotopic (exact) mass is 493 g/mol. The van der Waals surface area contributed by atoms with E-state index in [4.69, 9.17) is 4.99 Å². The molecule has 0 aromatic carbocycles. The van der Waals surface area contributed by atoms with Crippen molar-refractivity contribution >= 4 is 41.8 Å². The van der Waals surface area contributed by atoms with Crippen molar-refractivity contribution in [3.8, 4) is 0 Å². The molecule has 0 atom stereocenters. The fourth-order valence-electron chi connectivity index (χ4n) is 3.55. The Morgan fingerprint density at radius 2 is 1.67 bits per heavy atom. The zero-order chi connectivity index (χ0) is 19.0. The van der Waals surface area contributed by atoms with Crippen molar-refractivity contribution in [2.75, 3.05) is 39.3 Å². The van der Waals surface area contributed by atoms with Gasteiger partial charge in [0, 0.05) is 38.0 Å². The number of piperidine rings is 2. The van der Waals surface area contributed by atoms with Crippen LogP contribution in [0.25, 0.3) is 0 Å². The standard InChI is InChI=1S/C19H35N5O2.HI/c1-4-20-18(21-11-14-24-16(25)9-8-10-17(24)26)22-15-19(2,3)23-12-6-5-7-13-23;/h4-15H2,1-3H3,(H2,20,21,22);1H. The number of hydrogen-bond donors (Lipinski definition) is 2. The van der Waals surface area contributed by atoms with E-state index in [1.807, 2.05) is 6.92 Å². The largest absolute Gasteiger partial charge is 0.357 e. The van der Waals surface area contributed by atoms with Gasteiger partial charge in [-0.25, -0.2) is 0 Å². The lowest BCUT2D eigenvalue weighted by Gasteiger charge is -2.40. The maximum absolute atomic E-state index is 11.9. The molecule has 2 saturated heterocycles. The van der Waals surface area contributed by atoms with Crippen LogP contribution in [0.3, 0.4) is 0 Å². The van der Waals surface area contributed by atoms with E-state index in [1.165, 1.54) is 24.2 Å². The van der Waals surface area contributed by atoms with Crippen molar-refractivity contribution in [1.82, 2.24) is 20.4 Å². The molecule has 27 heavy (non-hydrogen) atoms. The predicted octanol–water partition coefficient (Wildman–Crippen LogP) is 1.96. The van der Waals surface area contributed by atoms with Crippen LogP contribution in [0.4, 0.5) is 0 Å². The minimum Gasteiger partial charge on any atom is -0.357 e. The number of nitrogens with one attached hydrogen (secondary N) is 2. The van der Waals surface area contributed by atoms with Gasteiger partial charge in [0.25, 0.3) is 0 Å². The molecule has 2 amide bonds. The van der Waals surface area contributed by atoms with E-state index < -0.39 is 0 Å². The Balaban J connectivity index is 0.00000364. The maximum Gasteiger partial charge on any atom is 0.229 e. The number of hydrogen-bond acceptors (Lipinski definition) is 4. The van der Waals surface area contributed by atoms with Crippen molar-refractivity contribution in [3.63, 3.8) is 0 Å². The molecule has 0 saturated carbocycles. The quantitative estimate of drug-likeness (QED) is 0.246. The second kappa shape index (κ2) is 11.8. The van der Waals surface area contributed by atoms with Crippen LogP contribution in [0.5, 0.6) is 0 Å². The van der Waals surface area contributed by atoms with Crippen LogP contribution in [-0.2, 0) is 9.59 Å². The Labute approximate surface area is 180 Å². The summed E-state index contributed by atoms with van der Waals surface area (Å²) in [5, 5.41) is 6.51. The Hall–Kier alpha value is -0.900. The molecule has 2 fully saturated rings. The molecule has 2 aliphatic rings. The molecule has 0 radical (unpaired) electrons. The minimum atomic E-state index is -0.0591. The third-order valence-electron chi connectivity index (χ3n) is 5.19. The summed E-state index contributed by atoms with van der Waals surface area (Å²) in [4.78, 5) is 32.4. The number of likely N-dealkylation sites (tertiary alicyclic amines) is 2. The Bertz CT molecular complexity index is 502. The lowest BCUT2D eigenvalue weighted by molar-refractivity contribution is -0.147. The van der Waals surface area contributed by atoms with E-state index in [0.29, 0.717) is 38.9 Å². The molecule has 0 aromatic heterocycles. The van der Waals surface area contributed by atoms with Crippen molar-refractivity contribution < 1.29 is 9.59 Å². The van der Waals surface area contributed by atoms with E-state index in [2.05, 4.69) is 29.4 Å². The van der Waals surface area contributed by atoms with Gasteiger partial charge in [0.05, 0.1) is 6.54 Å². The van der Waals surface area contributed by atoms with Gasteiger partial charge < -0.3 is 10.6 Å². The third-order valence-corrected chi connectivity index (χ3v) is 5.19. The van der Waals surface area contributed by atoms with Crippen LogP contribution in [0, 0.1) is 0 Å². The number of halogens is 1. The van der Waals surface area contributed by atoms with Crippen LogP contribution in [0.1, 0.15) is 59.3 Å². The van der Waals surface area contributed by atoms with E-state index >= 15 is 0 Å². The third kappa shape index (κ3) is 7.56. The van der Waals surface area contributed by atoms with Gasteiger partial charge in [0.2, 0.25) is 11.8 Å². The Kier molecular flexibility index (Phi) is 10.6. The highest BCUT2D eigenvalue weighted by molar-refractivity contribution is 14.0. The van der Waals surface area contributed by atoms with Crippen LogP contribution in [-0.4, -0.2) is 72.4 Å². The molecule has 0 bridgehead atoms. The Morgan fingerprint density at radius 1 is 1.04 bits per heavy atom. The van der Waals surface area contributed by atoms with E-state index in [0.717, 1.165) is 25.6 Å². The molecule has 2 rings (SSSR count). The fraction of sp³-hybridized carbons (Fsp3) is 0.842. The second-order valence-electron chi connectivity index (χ2n) is 7.77. The zero-order valence-electron chi connectivity index (χ0n) is 17.1. The highest BCUT2D eigenvalue weighted by Gasteiger charge is 2.28. The highest BCUT2D eigenvalue weighted by Crippen LogP contribution is 2.20. The maximum atomic E-state index is 11.9. The van der Waals surface area contributed by atoms with Gasteiger partial charge in [0.15, 0.2) is 5.96 Å². The average molecular weight is 493 g/mol. The zero-order valence-corrected chi connectivity index (χ0v) is 19.4. The highest BCUT2D eigenvalue weighted by atomic mass is 127. The number of guanidine groups is 1. The van der Waals surface area contributed by atoms with Crippen LogP contribution >= 0.6 is 24.0 Å². The van der Waals surface area contributed by atoms with Crippen LogP contribution in [0.2, 0.25) is 0 Å². The summed E-state index contributed by atoms with van der Waals surface area (Å²) in [5.74, 6) is 0.627. The van der Waals surface area contributed by atoms with Crippen molar-refractivity contribution in [2.45, 2.75) is 64.8 Å². The minimum absolute atomic E-state index is 0. The summed E-state index contributed by atoms with van der Waals surface area (Å²) in [7, 11) is 0. The first kappa shape index (κ1) is 24.1. The summed E-state index contributed by atoms with van der Waals surface area (Å²) >= 11 is 0. The van der Waals surface area contributed by atoms with Gasteiger partial charge in [0.1, 0.15) is 0 Å². The SMILES string of the molecule is CCNC(=NCC(C)(C)N1CCCCC1)NCCN1C(=O)CCCC1=O.I. The fourth-order valence-corrected chi connectivity index (χ4v) is 3.55. The summed E-state index contributed by atoms with van der Waals surface area (Å²) in [6.45, 7) is 11.2. The number of imide groups is 1. The molecule has 8 heteroatoms. The molecule has 2 aliphatic heterocycles. The number of aliphatic imine (C=N–C) groups is 1. The van der Waals surface area contributed by atoms with Gasteiger partial charge in [-0.1, -0.05) is 6.42 Å². The van der Waals surface area contributed by atoms with Gasteiger partial charge in [-0.15, -0.1) is 24.0 Å². The van der Waals surface area contributed by atoms with Crippen LogP contribution < -0.4 is 10.6 Å². The first-order valence-corrected chi connectivity index (χ1v) is 10.0. The van der Waals surface area contributed by atoms with Crippen molar-refractivity contribution in [3.05, 3.63) is 0 Å². The Morgan fingerprint density at radius 3 is 2.26 bits per heavy atom. The molecule has 0 aromatic rings. The number of nitrogens with zero attached hydrogens (tertiary/aromatic N) is 3. The lowest BCUT2D eigenvalue weighted by Crippen LogP contribution is -2.50. The molecule has 156 valence electrons. The summed E-state index contributed by atoms with van der Waals surface area (Å²) in [5.41, 5.74) is 0.0293. The van der Waals surface area contributed by atoms with Crippen molar-refractivity contribution in [1.29, 1.82) is 0 Å². The molecule has 0 unspecified atom stereocenters. The second-order valence-corrected chi connectivity index (χ2v) is 7.77. The van der Waals surface area contributed by atoms with Crippen molar-refractivity contribution in [2.24, 2.45) is 4.99 Å². The summed E-state index contributed by atoms with van der Waals surface area (Å²) in [6.07, 6.45) is 5.49. The van der Waals surface area contributed by atoms with Gasteiger partial charge in [-0.05, 0) is 53.1 Å². The summed E-state index contributed by atoms with van der Waals surface area (Å²) < 4.78 is 0.